The molecular formula is C16H24N4O2. The van der Waals surface area contributed by atoms with Gasteiger partial charge in [-0.15, -0.1) is 0 Å². The molecule has 120 valence electrons. The van der Waals surface area contributed by atoms with E-state index in [2.05, 4.69) is 20.5 Å². The number of aromatic nitrogens is 1. The number of amides is 2. The van der Waals surface area contributed by atoms with Gasteiger partial charge in [0.25, 0.3) is 5.91 Å². The zero-order valence-electron chi connectivity index (χ0n) is 12.9. The van der Waals surface area contributed by atoms with Crippen LogP contribution in [0.25, 0.3) is 0 Å². The van der Waals surface area contributed by atoms with E-state index in [0.717, 1.165) is 18.9 Å². The summed E-state index contributed by atoms with van der Waals surface area (Å²) >= 11 is 0. The molecule has 0 bridgehead atoms. The van der Waals surface area contributed by atoms with Crippen molar-refractivity contribution in [2.75, 3.05) is 31.1 Å². The number of anilines is 1. The van der Waals surface area contributed by atoms with Crippen LogP contribution in [0, 0.1) is 0 Å². The van der Waals surface area contributed by atoms with Crippen LogP contribution in [0.3, 0.4) is 0 Å². The van der Waals surface area contributed by atoms with Gasteiger partial charge in [-0.05, 0) is 31.4 Å². The van der Waals surface area contributed by atoms with Gasteiger partial charge in [0.2, 0.25) is 6.41 Å². The Labute approximate surface area is 131 Å². The van der Waals surface area contributed by atoms with Gasteiger partial charge in [-0.2, -0.15) is 0 Å². The second-order valence-corrected chi connectivity index (χ2v) is 5.46. The lowest BCUT2D eigenvalue weighted by Crippen LogP contribution is -2.29. The normalized spacial score (nSPS) is 15.0. The van der Waals surface area contributed by atoms with Gasteiger partial charge in [0.1, 0.15) is 11.5 Å². The summed E-state index contributed by atoms with van der Waals surface area (Å²) in [4.78, 5) is 29.0. The Morgan fingerprint density at radius 3 is 2.68 bits per heavy atom. The summed E-state index contributed by atoms with van der Waals surface area (Å²) in [5, 5.41) is 5.39. The maximum atomic E-state index is 12.1. The highest BCUT2D eigenvalue weighted by Crippen LogP contribution is 2.17. The maximum absolute atomic E-state index is 12.1. The molecule has 6 nitrogen and oxygen atoms in total. The van der Waals surface area contributed by atoms with Gasteiger partial charge in [-0.3, -0.25) is 9.59 Å². The molecule has 0 saturated carbocycles. The van der Waals surface area contributed by atoms with Crippen molar-refractivity contribution in [3.05, 3.63) is 23.9 Å². The van der Waals surface area contributed by atoms with Crippen molar-refractivity contribution in [2.45, 2.75) is 32.1 Å². The Morgan fingerprint density at radius 1 is 1.18 bits per heavy atom. The van der Waals surface area contributed by atoms with Crippen LogP contribution < -0.4 is 15.5 Å². The van der Waals surface area contributed by atoms with E-state index < -0.39 is 0 Å². The summed E-state index contributed by atoms with van der Waals surface area (Å²) < 4.78 is 0. The smallest absolute Gasteiger partial charge is 0.269 e. The summed E-state index contributed by atoms with van der Waals surface area (Å²) in [6.45, 7) is 3.10. The minimum Gasteiger partial charge on any atom is -0.359 e. The van der Waals surface area contributed by atoms with Crippen LogP contribution in [-0.2, 0) is 4.79 Å². The fraction of sp³-hybridized carbons (Fsp3) is 0.562. The minimum absolute atomic E-state index is 0.164. The standard InChI is InChI=1S/C16H24N4O2/c21-13-17-9-6-10-18-16(22)14-7-5-8-15(19-14)20-11-3-1-2-4-12-20/h5,7-8,13H,1-4,6,9-12H2,(H,17,21)(H,18,22). The van der Waals surface area contributed by atoms with Crippen LogP contribution in [0.15, 0.2) is 18.2 Å². The number of nitrogens with one attached hydrogen (secondary N) is 2. The molecular weight excluding hydrogens is 280 g/mol. The van der Waals surface area contributed by atoms with Crippen molar-refractivity contribution in [3.8, 4) is 0 Å². The first kappa shape index (κ1) is 16.3. The predicted octanol–water partition coefficient (Wildman–Crippen LogP) is 1.33. The minimum atomic E-state index is -0.164. The summed E-state index contributed by atoms with van der Waals surface area (Å²) in [6.07, 6.45) is 6.27. The van der Waals surface area contributed by atoms with Crippen molar-refractivity contribution in [3.63, 3.8) is 0 Å². The lowest BCUT2D eigenvalue weighted by molar-refractivity contribution is -0.109. The summed E-state index contributed by atoms with van der Waals surface area (Å²) in [5.74, 6) is 0.722. The largest absolute Gasteiger partial charge is 0.359 e. The molecule has 1 fully saturated rings. The van der Waals surface area contributed by atoms with E-state index in [4.69, 9.17) is 0 Å². The van der Waals surface area contributed by atoms with Crippen LogP contribution in [-0.4, -0.2) is 43.5 Å². The summed E-state index contributed by atoms with van der Waals surface area (Å²) in [5.41, 5.74) is 0.449. The number of rotatable bonds is 7. The number of hydrogen-bond donors (Lipinski definition) is 2. The number of hydrogen-bond acceptors (Lipinski definition) is 4. The molecule has 1 aliphatic rings. The average molecular weight is 304 g/mol. The third kappa shape index (κ3) is 5.02. The molecule has 1 aromatic rings. The molecule has 0 spiro atoms. The maximum Gasteiger partial charge on any atom is 0.269 e. The Morgan fingerprint density at radius 2 is 1.95 bits per heavy atom. The fourth-order valence-electron chi connectivity index (χ4n) is 2.57. The molecule has 0 unspecified atom stereocenters. The number of pyridine rings is 1. The zero-order chi connectivity index (χ0) is 15.6. The lowest BCUT2D eigenvalue weighted by atomic mass is 10.2. The van der Waals surface area contributed by atoms with E-state index >= 15 is 0 Å². The molecule has 0 aliphatic carbocycles. The van der Waals surface area contributed by atoms with Gasteiger partial charge in [-0.25, -0.2) is 4.98 Å². The first-order valence-electron chi connectivity index (χ1n) is 7.98. The second-order valence-electron chi connectivity index (χ2n) is 5.46. The third-order valence-corrected chi connectivity index (χ3v) is 3.76. The van der Waals surface area contributed by atoms with Crippen molar-refractivity contribution < 1.29 is 9.59 Å². The first-order chi connectivity index (χ1) is 10.8. The van der Waals surface area contributed by atoms with Crippen LogP contribution in [0.4, 0.5) is 5.82 Å². The van der Waals surface area contributed by atoms with Crippen molar-refractivity contribution >= 4 is 18.1 Å². The molecule has 1 aromatic heterocycles. The highest BCUT2D eigenvalue weighted by Gasteiger charge is 2.13. The molecule has 2 N–H and O–H groups in total. The van der Waals surface area contributed by atoms with E-state index in [-0.39, 0.29) is 5.91 Å². The highest BCUT2D eigenvalue weighted by atomic mass is 16.2. The topological polar surface area (TPSA) is 74.3 Å². The molecule has 0 aromatic carbocycles. The van der Waals surface area contributed by atoms with Gasteiger partial charge in [-0.1, -0.05) is 18.9 Å². The van der Waals surface area contributed by atoms with Gasteiger partial charge >= 0.3 is 0 Å². The summed E-state index contributed by atoms with van der Waals surface area (Å²) in [6, 6.07) is 5.59. The quantitative estimate of drug-likeness (QED) is 0.589. The van der Waals surface area contributed by atoms with Crippen LogP contribution >= 0.6 is 0 Å². The zero-order valence-corrected chi connectivity index (χ0v) is 12.9. The molecule has 2 heterocycles. The van der Waals surface area contributed by atoms with Gasteiger partial charge in [0.05, 0.1) is 0 Å². The van der Waals surface area contributed by atoms with E-state index in [1.54, 1.807) is 6.07 Å². The predicted molar refractivity (Wildman–Crippen MR) is 85.9 cm³/mol. The molecule has 22 heavy (non-hydrogen) atoms. The van der Waals surface area contributed by atoms with Gasteiger partial charge in [0.15, 0.2) is 0 Å². The van der Waals surface area contributed by atoms with E-state index in [1.165, 1.54) is 25.7 Å². The van der Waals surface area contributed by atoms with Crippen LogP contribution in [0.1, 0.15) is 42.6 Å². The summed E-state index contributed by atoms with van der Waals surface area (Å²) in [7, 11) is 0. The van der Waals surface area contributed by atoms with Crippen molar-refractivity contribution in [1.29, 1.82) is 0 Å². The molecule has 2 rings (SSSR count). The SMILES string of the molecule is O=CNCCCNC(=O)c1cccc(N2CCCCCC2)n1. The highest BCUT2D eigenvalue weighted by molar-refractivity contribution is 5.92. The van der Waals surface area contributed by atoms with Gasteiger partial charge in [0, 0.05) is 26.2 Å². The number of carbonyl (C=O) groups is 2. The fourth-order valence-corrected chi connectivity index (χ4v) is 2.57. The number of carbonyl (C=O) groups excluding carboxylic acids is 2. The Kier molecular flexibility index (Phi) is 6.67. The Hall–Kier alpha value is -2.11. The van der Waals surface area contributed by atoms with E-state index in [0.29, 0.717) is 31.6 Å². The first-order valence-corrected chi connectivity index (χ1v) is 7.98. The molecule has 1 aliphatic heterocycles. The lowest BCUT2D eigenvalue weighted by Gasteiger charge is -2.21. The Bertz CT molecular complexity index is 485. The van der Waals surface area contributed by atoms with Crippen LogP contribution in [0.5, 0.6) is 0 Å². The molecule has 1 saturated heterocycles. The van der Waals surface area contributed by atoms with Gasteiger partial charge < -0.3 is 15.5 Å². The number of nitrogens with zero attached hydrogens (tertiary/aromatic N) is 2. The average Bonchev–Trinajstić information content (AvgIpc) is 2.84. The second kappa shape index (κ2) is 9.02. The molecule has 2 amide bonds. The van der Waals surface area contributed by atoms with E-state index in [1.807, 2.05) is 12.1 Å². The van der Waals surface area contributed by atoms with Crippen molar-refractivity contribution in [2.24, 2.45) is 0 Å². The Balaban J connectivity index is 1.89. The molecule has 6 heteroatoms. The van der Waals surface area contributed by atoms with E-state index in [9.17, 15) is 9.59 Å². The molecule has 0 atom stereocenters. The van der Waals surface area contributed by atoms with Crippen LogP contribution in [0.2, 0.25) is 0 Å². The molecule has 0 radical (unpaired) electrons. The monoisotopic (exact) mass is 304 g/mol. The van der Waals surface area contributed by atoms with Crippen molar-refractivity contribution in [1.82, 2.24) is 15.6 Å². The third-order valence-electron chi connectivity index (χ3n) is 3.76.